The van der Waals surface area contributed by atoms with Crippen molar-refractivity contribution in [2.45, 2.75) is 0 Å². The van der Waals surface area contributed by atoms with Gasteiger partial charge in [-0.2, -0.15) is 0 Å². The SMILES string of the molecule is C=CCN1C(=O)COc2ccc(NC(=O)c3cccs3)cc21. The summed E-state index contributed by atoms with van der Waals surface area (Å²) in [6.45, 7) is 4.08. The molecule has 1 N–H and O–H groups in total. The van der Waals surface area contributed by atoms with Crippen LogP contribution in [0.5, 0.6) is 5.75 Å². The maximum absolute atomic E-state index is 12.1. The molecule has 0 aliphatic carbocycles. The van der Waals surface area contributed by atoms with Crippen molar-refractivity contribution in [3.05, 3.63) is 53.2 Å². The van der Waals surface area contributed by atoms with Crippen molar-refractivity contribution >= 4 is 34.5 Å². The second-order valence-electron chi connectivity index (χ2n) is 4.70. The van der Waals surface area contributed by atoms with E-state index in [1.807, 2.05) is 11.4 Å². The molecule has 2 heterocycles. The van der Waals surface area contributed by atoms with Crippen molar-refractivity contribution in [3.63, 3.8) is 0 Å². The van der Waals surface area contributed by atoms with Gasteiger partial charge in [-0.3, -0.25) is 9.59 Å². The first kappa shape index (κ1) is 14.3. The topological polar surface area (TPSA) is 58.6 Å². The second-order valence-corrected chi connectivity index (χ2v) is 5.64. The van der Waals surface area contributed by atoms with Crippen LogP contribution in [-0.2, 0) is 4.79 Å². The van der Waals surface area contributed by atoms with Gasteiger partial charge < -0.3 is 15.0 Å². The lowest BCUT2D eigenvalue weighted by Gasteiger charge is -2.28. The highest BCUT2D eigenvalue weighted by Gasteiger charge is 2.25. The molecule has 0 spiro atoms. The van der Waals surface area contributed by atoms with E-state index in [1.165, 1.54) is 11.3 Å². The third-order valence-corrected chi connectivity index (χ3v) is 4.09. The third-order valence-electron chi connectivity index (χ3n) is 3.22. The average molecular weight is 314 g/mol. The standard InChI is InChI=1S/C16H14N2O3S/c1-2-7-18-12-9-11(5-6-13(12)21-10-15(18)19)17-16(20)14-4-3-8-22-14/h2-6,8-9H,1,7,10H2,(H,17,20). The molecule has 1 aliphatic heterocycles. The molecule has 0 saturated heterocycles. The number of nitrogens with zero attached hydrogens (tertiary/aromatic N) is 1. The third kappa shape index (κ3) is 2.73. The van der Waals surface area contributed by atoms with E-state index in [2.05, 4.69) is 11.9 Å². The molecule has 0 bridgehead atoms. The maximum atomic E-state index is 12.1. The van der Waals surface area contributed by atoms with Gasteiger partial charge in [0.15, 0.2) is 6.61 Å². The van der Waals surface area contributed by atoms with Crippen LogP contribution in [0.25, 0.3) is 0 Å². The van der Waals surface area contributed by atoms with E-state index in [1.54, 1.807) is 35.2 Å². The minimum atomic E-state index is -0.173. The molecule has 22 heavy (non-hydrogen) atoms. The van der Waals surface area contributed by atoms with Crippen LogP contribution in [0.4, 0.5) is 11.4 Å². The molecular formula is C16H14N2O3S. The quantitative estimate of drug-likeness (QED) is 0.883. The molecule has 0 atom stereocenters. The lowest BCUT2D eigenvalue weighted by Crippen LogP contribution is -2.38. The molecule has 0 unspecified atom stereocenters. The van der Waals surface area contributed by atoms with Crippen LogP contribution in [0.2, 0.25) is 0 Å². The number of carbonyl (C=O) groups is 2. The van der Waals surface area contributed by atoms with Crippen molar-refractivity contribution in [1.82, 2.24) is 0 Å². The lowest BCUT2D eigenvalue weighted by molar-refractivity contribution is -0.121. The Morgan fingerprint density at radius 3 is 3.05 bits per heavy atom. The summed E-state index contributed by atoms with van der Waals surface area (Å²) in [6.07, 6.45) is 1.66. The van der Waals surface area contributed by atoms with Crippen LogP contribution in [0.15, 0.2) is 48.4 Å². The van der Waals surface area contributed by atoms with Gasteiger partial charge in [-0.05, 0) is 29.6 Å². The Hall–Kier alpha value is -2.60. The molecule has 6 heteroatoms. The Bertz CT molecular complexity index is 725. The summed E-state index contributed by atoms with van der Waals surface area (Å²) in [5.41, 5.74) is 1.25. The van der Waals surface area contributed by atoms with Gasteiger partial charge in [-0.15, -0.1) is 17.9 Å². The number of carbonyl (C=O) groups excluding carboxylic acids is 2. The van der Waals surface area contributed by atoms with Crippen molar-refractivity contribution in [2.24, 2.45) is 0 Å². The summed E-state index contributed by atoms with van der Waals surface area (Å²) in [6, 6.07) is 8.83. The number of hydrogen-bond donors (Lipinski definition) is 1. The zero-order chi connectivity index (χ0) is 15.5. The Kier molecular flexibility index (Phi) is 3.93. The van der Waals surface area contributed by atoms with Crippen LogP contribution in [0.1, 0.15) is 9.67 Å². The molecule has 1 aromatic carbocycles. The van der Waals surface area contributed by atoms with Crippen LogP contribution >= 0.6 is 11.3 Å². The number of ether oxygens (including phenoxy) is 1. The molecular weight excluding hydrogens is 300 g/mol. The van der Waals surface area contributed by atoms with Crippen molar-refractivity contribution in [1.29, 1.82) is 0 Å². The van der Waals surface area contributed by atoms with Crippen LogP contribution in [0.3, 0.4) is 0 Å². The summed E-state index contributed by atoms with van der Waals surface area (Å²) in [5, 5.41) is 4.67. The van der Waals surface area contributed by atoms with Crippen molar-refractivity contribution in [2.75, 3.05) is 23.4 Å². The van der Waals surface area contributed by atoms with Gasteiger partial charge >= 0.3 is 0 Å². The van der Waals surface area contributed by atoms with Gasteiger partial charge in [-0.1, -0.05) is 12.1 Å². The summed E-state index contributed by atoms with van der Waals surface area (Å²) in [5.74, 6) is 0.318. The maximum Gasteiger partial charge on any atom is 0.265 e. The fraction of sp³-hybridized carbons (Fsp3) is 0.125. The first-order chi connectivity index (χ1) is 10.7. The van der Waals surface area contributed by atoms with Crippen LogP contribution in [0, 0.1) is 0 Å². The van der Waals surface area contributed by atoms with E-state index in [0.717, 1.165) is 0 Å². The van der Waals surface area contributed by atoms with Crippen molar-refractivity contribution in [3.8, 4) is 5.75 Å². The fourth-order valence-corrected chi connectivity index (χ4v) is 2.83. The second kappa shape index (κ2) is 6.03. The predicted octanol–water partition coefficient (Wildman–Crippen LogP) is 2.91. The molecule has 0 radical (unpaired) electrons. The molecule has 112 valence electrons. The van der Waals surface area contributed by atoms with Crippen LogP contribution in [-0.4, -0.2) is 25.0 Å². The molecule has 0 fully saturated rings. The number of thiophene rings is 1. The molecule has 2 amide bonds. The van der Waals surface area contributed by atoms with Gasteiger partial charge in [0.25, 0.3) is 11.8 Å². The average Bonchev–Trinajstić information content (AvgIpc) is 3.05. The number of rotatable bonds is 4. The first-order valence-electron chi connectivity index (χ1n) is 6.72. The Labute approximate surface area is 131 Å². The smallest absolute Gasteiger partial charge is 0.265 e. The zero-order valence-electron chi connectivity index (χ0n) is 11.7. The number of hydrogen-bond acceptors (Lipinski definition) is 4. The van der Waals surface area contributed by atoms with E-state index in [-0.39, 0.29) is 18.4 Å². The highest BCUT2D eigenvalue weighted by molar-refractivity contribution is 7.12. The van der Waals surface area contributed by atoms with E-state index in [0.29, 0.717) is 28.5 Å². The number of fused-ring (bicyclic) bond motifs is 1. The molecule has 3 rings (SSSR count). The summed E-state index contributed by atoms with van der Waals surface area (Å²) < 4.78 is 5.41. The van der Waals surface area contributed by atoms with Crippen molar-refractivity contribution < 1.29 is 14.3 Å². The summed E-state index contributed by atoms with van der Waals surface area (Å²) >= 11 is 1.37. The Balaban J connectivity index is 1.87. The minimum Gasteiger partial charge on any atom is -0.482 e. The molecule has 2 aromatic rings. The van der Waals surface area contributed by atoms with E-state index in [4.69, 9.17) is 4.74 Å². The Morgan fingerprint density at radius 2 is 2.32 bits per heavy atom. The lowest BCUT2D eigenvalue weighted by atomic mass is 10.2. The molecule has 0 saturated carbocycles. The normalized spacial score (nSPS) is 13.3. The van der Waals surface area contributed by atoms with E-state index in [9.17, 15) is 9.59 Å². The number of amides is 2. The van der Waals surface area contributed by atoms with Gasteiger partial charge in [0, 0.05) is 12.2 Å². The first-order valence-corrected chi connectivity index (χ1v) is 7.60. The predicted molar refractivity (Wildman–Crippen MR) is 86.8 cm³/mol. The van der Waals surface area contributed by atoms with Crippen LogP contribution < -0.4 is 15.0 Å². The fourth-order valence-electron chi connectivity index (χ4n) is 2.21. The molecule has 5 nitrogen and oxygen atoms in total. The number of nitrogens with one attached hydrogen (secondary N) is 1. The van der Waals surface area contributed by atoms with E-state index >= 15 is 0 Å². The van der Waals surface area contributed by atoms with E-state index < -0.39 is 0 Å². The monoisotopic (exact) mass is 314 g/mol. The number of benzene rings is 1. The highest BCUT2D eigenvalue weighted by Crippen LogP contribution is 2.34. The van der Waals surface area contributed by atoms with Gasteiger partial charge in [-0.25, -0.2) is 0 Å². The van der Waals surface area contributed by atoms with Gasteiger partial charge in [0.1, 0.15) is 5.75 Å². The molecule has 1 aliphatic rings. The summed E-state index contributed by atoms with van der Waals surface area (Å²) in [7, 11) is 0. The minimum absolute atomic E-state index is 0.0156. The van der Waals surface area contributed by atoms with Gasteiger partial charge in [0.05, 0.1) is 10.6 Å². The zero-order valence-corrected chi connectivity index (χ0v) is 12.6. The van der Waals surface area contributed by atoms with Gasteiger partial charge in [0.2, 0.25) is 0 Å². The number of anilines is 2. The molecule has 1 aromatic heterocycles. The summed E-state index contributed by atoms with van der Waals surface area (Å²) in [4.78, 5) is 26.2. The Morgan fingerprint density at radius 1 is 1.45 bits per heavy atom. The largest absolute Gasteiger partial charge is 0.482 e. The highest BCUT2D eigenvalue weighted by atomic mass is 32.1.